The molecule has 5 nitrogen and oxygen atoms in total. The van der Waals surface area contributed by atoms with Gasteiger partial charge in [0.25, 0.3) is 0 Å². The molecule has 0 aliphatic carbocycles. The molecular formula is C19H18O5. The Kier molecular flexibility index (Phi) is 6.14. The summed E-state index contributed by atoms with van der Waals surface area (Å²) in [7, 11) is 0. The van der Waals surface area contributed by atoms with Gasteiger partial charge in [-0.1, -0.05) is 18.2 Å². The number of aliphatic carboxylic acids is 1. The second-order valence-corrected chi connectivity index (χ2v) is 4.88. The van der Waals surface area contributed by atoms with Crippen molar-refractivity contribution in [3.8, 4) is 11.5 Å². The zero-order chi connectivity index (χ0) is 17.4. The Balaban J connectivity index is 2.05. The lowest BCUT2D eigenvalue weighted by atomic mass is 10.1. The van der Waals surface area contributed by atoms with E-state index in [0.29, 0.717) is 17.9 Å². The molecule has 24 heavy (non-hydrogen) atoms. The Morgan fingerprint density at radius 3 is 2.42 bits per heavy atom. The first-order valence-corrected chi connectivity index (χ1v) is 7.49. The highest BCUT2D eigenvalue weighted by molar-refractivity contribution is 6.07. The minimum absolute atomic E-state index is 0.161. The van der Waals surface area contributed by atoms with E-state index in [4.69, 9.17) is 14.6 Å². The molecule has 0 spiro atoms. The lowest BCUT2D eigenvalue weighted by Gasteiger charge is -2.06. The van der Waals surface area contributed by atoms with Gasteiger partial charge in [-0.25, -0.2) is 4.79 Å². The third kappa shape index (κ3) is 4.98. The Labute approximate surface area is 140 Å². The predicted octanol–water partition coefficient (Wildman–Crippen LogP) is 3.44. The van der Waals surface area contributed by atoms with Crippen LogP contribution in [0.5, 0.6) is 11.5 Å². The Morgan fingerprint density at radius 2 is 1.75 bits per heavy atom. The summed E-state index contributed by atoms with van der Waals surface area (Å²) in [6.45, 7) is 2.04. The van der Waals surface area contributed by atoms with E-state index in [2.05, 4.69) is 0 Å². The summed E-state index contributed by atoms with van der Waals surface area (Å²) in [4.78, 5) is 22.6. The largest absolute Gasteiger partial charge is 0.493 e. The van der Waals surface area contributed by atoms with Crippen molar-refractivity contribution in [2.24, 2.45) is 0 Å². The molecule has 0 heterocycles. The van der Waals surface area contributed by atoms with E-state index in [1.807, 2.05) is 31.2 Å². The molecule has 0 aromatic heterocycles. The topological polar surface area (TPSA) is 72.8 Å². The highest BCUT2D eigenvalue weighted by Gasteiger charge is 2.05. The standard InChI is InChI=1S/C19H18O5/c1-2-23-18-6-4-3-5-15(18)9-12-17(20)14-7-10-16(11-8-14)24-13-19(21)22/h3-12H,2,13H2,1H3,(H,21,22). The van der Waals surface area contributed by atoms with Gasteiger partial charge in [-0.3, -0.25) is 4.79 Å². The van der Waals surface area contributed by atoms with Gasteiger partial charge in [-0.05, 0) is 49.4 Å². The molecule has 0 atom stereocenters. The van der Waals surface area contributed by atoms with Gasteiger partial charge in [0, 0.05) is 11.1 Å². The number of rotatable bonds is 8. The summed E-state index contributed by atoms with van der Waals surface area (Å²) in [6.07, 6.45) is 3.19. The van der Waals surface area contributed by atoms with Crippen LogP contribution in [0.1, 0.15) is 22.8 Å². The van der Waals surface area contributed by atoms with Gasteiger partial charge in [0.15, 0.2) is 12.4 Å². The number of carboxylic acid groups (broad SMARTS) is 1. The molecule has 0 radical (unpaired) electrons. The maximum Gasteiger partial charge on any atom is 0.341 e. The van der Waals surface area contributed by atoms with Crippen molar-refractivity contribution < 1.29 is 24.2 Å². The quantitative estimate of drug-likeness (QED) is 0.594. The smallest absolute Gasteiger partial charge is 0.341 e. The molecule has 124 valence electrons. The van der Waals surface area contributed by atoms with Crippen LogP contribution in [0.15, 0.2) is 54.6 Å². The normalized spacial score (nSPS) is 10.5. The van der Waals surface area contributed by atoms with Crippen molar-refractivity contribution in [1.82, 2.24) is 0 Å². The third-order valence-corrected chi connectivity index (χ3v) is 3.13. The van der Waals surface area contributed by atoms with Gasteiger partial charge in [0.1, 0.15) is 11.5 Å². The van der Waals surface area contributed by atoms with Crippen LogP contribution in [0.25, 0.3) is 6.08 Å². The van der Waals surface area contributed by atoms with E-state index >= 15 is 0 Å². The van der Waals surface area contributed by atoms with Gasteiger partial charge in [0.2, 0.25) is 0 Å². The van der Waals surface area contributed by atoms with E-state index in [0.717, 1.165) is 11.3 Å². The van der Waals surface area contributed by atoms with Crippen molar-refractivity contribution in [3.05, 3.63) is 65.7 Å². The molecule has 2 rings (SSSR count). The summed E-state index contributed by atoms with van der Waals surface area (Å²) in [6, 6.07) is 13.8. The highest BCUT2D eigenvalue weighted by Crippen LogP contribution is 2.20. The third-order valence-electron chi connectivity index (χ3n) is 3.13. The number of carboxylic acids is 1. The van der Waals surface area contributed by atoms with Gasteiger partial charge in [-0.15, -0.1) is 0 Å². The van der Waals surface area contributed by atoms with Crippen molar-refractivity contribution in [2.45, 2.75) is 6.92 Å². The Morgan fingerprint density at radius 1 is 1.04 bits per heavy atom. The molecule has 0 aliphatic rings. The van der Waals surface area contributed by atoms with Crippen LogP contribution in [0, 0.1) is 0 Å². The van der Waals surface area contributed by atoms with Gasteiger partial charge < -0.3 is 14.6 Å². The van der Waals surface area contributed by atoms with Crippen LogP contribution >= 0.6 is 0 Å². The van der Waals surface area contributed by atoms with Crippen molar-refractivity contribution >= 4 is 17.8 Å². The fourth-order valence-corrected chi connectivity index (χ4v) is 2.03. The van der Waals surface area contributed by atoms with E-state index in [1.165, 1.54) is 6.08 Å². The number of para-hydroxylation sites is 1. The van der Waals surface area contributed by atoms with Gasteiger partial charge in [0.05, 0.1) is 6.61 Å². The van der Waals surface area contributed by atoms with Crippen LogP contribution in [-0.2, 0) is 4.79 Å². The molecule has 5 heteroatoms. The van der Waals surface area contributed by atoms with Crippen LogP contribution < -0.4 is 9.47 Å². The maximum atomic E-state index is 12.2. The number of allylic oxidation sites excluding steroid dienone is 1. The van der Waals surface area contributed by atoms with Gasteiger partial charge in [-0.2, -0.15) is 0 Å². The fraction of sp³-hybridized carbons (Fsp3) is 0.158. The zero-order valence-corrected chi connectivity index (χ0v) is 13.3. The fourth-order valence-electron chi connectivity index (χ4n) is 2.03. The number of hydrogen-bond donors (Lipinski definition) is 1. The maximum absolute atomic E-state index is 12.2. The molecule has 0 saturated carbocycles. The summed E-state index contributed by atoms with van der Waals surface area (Å²) in [5.74, 6) is -0.0850. The van der Waals surface area contributed by atoms with Gasteiger partial charge >= 0.3 is 5.97 Å². The zero-order valence-electron chi connectivity index (χ0n) is 13.3. The monoisotopic (exact) mass is 326 g/mol. The summed E-state index contributed by atoms with van der Waals surface area (Å²) >= 11 is 0. The number of benzene rings is 2. The first-order valence-electron chi connectivity index (χ1n) is 7.49. The second kappa shape index (κ2) is 8.53. The summed E-state index contributed by atoms with van der Waals surface area (Å²) in [5.41, 5.74) is 1.32. The minimum atomic E-state index is -1.05. The van der Waals surface area contributed by atoms with Crippen LogP contribution in [-0.4, -0.2) is 30.1 Å². The van der Waals surface area contributed by atoms with Crippen LogP contribution in [0.3, 0.4) is 0 Å². The molecule has 2 aromatic rings. The molecule has 1 N–H and O–H groups in total. The number of ether oxygens (including phenoxy) is 2. The molecule has 0 bridgehead atoms. The van der Waals surface area contributed by atoms with Crippen LogP contribution in [0.4, 0.5) is 0 Å². The number of carbonyl (C=O) groups excluding carboxylic acids is 1. The van der Waals surface area contributed by atoms with Crippen molar-refractivity contribution in [3.63, 3.8) is 0 Å². The molecule has 0 amide bonds. The van der Waals surface area contributed by atoms with E-state index < -0.39 is 12.6 Å². The summed E-state index contributed by atoms with van der Waals surface area (Å²) < 4.78 is 10.5. The average molecular weight is 326 g/mol. The Hall–Kier alpha value is -3.08. The number of hydrogen-bond acceptors (Lipinski definition) is 4. The second-order valence-electron chi connectivity index (χ2n) is 4.88. The van der Waals surface area contributed by atoms with Crippen LogP contribution in [0.2, 0.25) is 0 Å². The molecular weight excluding hydrogens is 308 g/mol. The molecule has 0 unspecified atom stereocenters. The van der Waals surface area contributed by atoms with E-state index in [1.54, 1.807) is 30.3 Å². The summed E-state index contributed by atoms with van der Waals surface area (Å²) in [5, 5.41) is 8.56. The van der Waals surface area contributed by atoms with E-state index in [-0.39, 0.29) is 5.78 Å². The number of carbonyl (C=O) groups is 2. The van der Waals surface area contributed by atoms with E-state index in [9.17, 15) is 9.59 Å². The van der Waals surface area contributed by atoms with Crippen molar-refractivity contribution in [1.29, 1.82) is 0 Å². The van der Waals surface area contributed by atoms with Crippen molar-refractivity contribution in [2.75, 3.05) is 13.2 Å². The number of ketones is 1. The molecule has 2 aromatic carbocycles. The lowest BCUT2D eigenvalue weighted by Crippen LogP contribution is -2.09. The predicted molar refractivity (Wildman–Crippen MR) is 90.5 cm³/mol. The first-order chi connectivity index (χ1) is 11.6. The lowest BCUT2D eigenvalue weighted by molar-refractivity contribution is -0.139. The Bertz CT molecular complexity index is 732. The molecule has 0 saturated heterocycles. The average Bonchev–Trinajstić information content (AvgIpc) is 2.59. The highest BCUT2D eigenvalue weighted by atomic mass is 16.5. The minimum Gasteiger partial charge on any atom is -0.493 e. The molecule has 0 fully saturated rings. The SMILES string of the molecule is CCOc1ccccc1C=CC(=O)c1ccc(OCC(=O)O)cc1. The molecule has 0 aliphatic heterocycles. The first kappa shape index (κ1) is 17.3.